The maximum absolute atomic E-state index is 4.83. The normalized spacial score (nSPS) is 13.6. The van der Waals surface area contributed by atoms with E-state index in [0.717, 1.165) is 0 Å². The SMILES string of the molecule is [CH2]C(S)Cc1nnco1. The van der Waals surface area contributed by atoms with Crippen LogP contribution in [0.2, 0.25) is 0 Å². The van der Waals surface area contributed by atoms with Gasteiger partial charge < -0.3 is 4.42 Å². The van der Waals surface area contributed by atoms with Crippen molar-refractivity contribution in [1.29, 1.82) is 0 Å². The molecule has 0 aliphatic heterocycles. The Morgan fingerprint density at radius 3 is 3.11 bits per heavy atom. The lowest BCUT2D eigenvalue weighted by molar-refractivity contribution is 0.495. The molecule has 0 aliphatic carbocycles. The molecule has 0 N–H and O–H groups in total. The highest BCUT2D eigenvalue weighted by Crippen LogP contribution is 2.01. The van der Waals surface area contributed by atoms with Crippen LogP contribution in [0.25, 0.3) is 0 Å². The van der Waals surface area contributed by atoms with Crippen molar-refractivity contribution in [2.24, 2.45) is 0 Å². The molecule has 1 heterocycles. The van der Waals surface area contributed by atoms with Crippen LogP contribution in [0.15, 0.2) is 10.8 Å². The summed E-state index contributed by atoms with van der Waals surface area (Å²) in [6, 6.07) is 0. The second-order valence-corrected chi connectivity index (χ2v) is 2.42. The van der Waals surface area contributed by atoms with Crippen molar-refractivity contribution in [3.8, 4) is 0 Å². The first-order valence-corrected chi connectivity index (χ1v) is 3.07. The lowest BCUT2D eigenvalue weighted by Gasteiger charge is -1.94. The summed E-state index contributed by atoms with van der Waals surface area (Å²) in [5.74, 6) is 0.588. The summed E-state index contributed by atoms with van der Waals surface area (Å²) in [5.41, 5.74) is 0. The summed E-state index contributed by atoms with van der Waals surface area (Å²) in [6.45, 7) is 3.65. The van der Waals surface area contributed by atoms with Crippen molar-refractivity contribution in [2.75, 3.05) is 0 Å². The Balaban J connectivity index is 2.48. The molecule has 1 radical (unpaired) electrons. The van der Waals surface area contributed by atoms with Gasteiger partial charge in [0.15, 0.2) is 0 Å². The minimum Gasteiger partial charge on any atom is -0.428 e. The van der Waals surface area contributed by atoms with Gasteiger partial charge >= 0.3 is 0 Å². The number of hydrogen-bond donors (Lipinski definition) is 1. The van der Waals surface area contributed by atoms with Gasteiger partial charge in [0, 0.05) is 11.7 Å². The van der Waals surface area contributed by atoms with Crippen LogP contribution >= 0.6 is 12.6 Å². The third kappa shape index (κ3) is 2.05. The van der Waals surface area contributed by atoms with Crippen molar-refractivity contribution in [3.63, 3.8) is 0 Å². The van der Waals surface area contributed by atoms with Gasteiger partial charge in [-0.2, -0.15) is 12.6 Å². The molecule has 1 aromatic heterocycles. The van der Waals surface area contributed by atoms with Crippen LogP contribution in [0.1, 0.15) is 5.89 Å². The van der Waals surface area contributed by atoms with Gasteiger partial charge in [-0.1, -0.05) is 0 Å². The predicted octanol–water partition coefficient (Wildman–Crippen LogP) is 0.745. The number of rotatable bonds is 2. The zero-order valence-electron chi connectivity index (χ0n) is 4.82. The monoisotopic (exact) mass is 143 g/mol. The zero-order chi connectivity index (χ0) is 6.69. The minimum atomic E-state index is 0.0328. The Labute approximate surface area is 58.9 Å². The van der Waals surface area contributed by atoms with Crippen LogP contribution in [0, 0.1) is 6.92 Å². The molecule has 1 atom stereocenters. The Hall–Kier alpha value is -0.510. The average molecular weight is 143 g/mol. The highest BCUT2D eigenvalue weighted by Gasteiger charge is 2.01. The molecule has 3 nitrogen and oxygen atoms in total. The number of aromatic nitrogens is 2. The fourth-order valence-corrected chi connectivity index (χ4v) is 0.643. The largest absolute Gasteiger partial charge is 0.428 e. The molecule has 0 saturated carbocycles. The molecule has 1 aromatic rings. The topological polar surface area (TPSA) is 38.9 Å². The molecule has 49 valence electrons. The molecule has 1 rings (SSSR count). The van der Waals surface area contributed by atoms with Gasteiger partial charge in [-0.05, 0) is 6.92 Å². The third-order valence-electron chi connectivity index (χ3n) is 0.815. The summed E-state index contributed by atoms with van der Waals surface area (Å²) in [7, 11) is 0. The molecule has 0 saturated heterocycles. The Morgan fingerprint density at radius 1 is 1.89 bits per heavy atom. The van der Waals surface area contributed by atoms with Crippen LogP contribution in [-0.4, -0.2) is 15.4 Å². The highest BCUT2D eigenvalue weighted by molar-refractivity contribution is 7.81. The molecule has 0 aromatic carbocycles. The lowest BCUT2D eigenvalue weighted by atomic mass is 10.3. The number of hydrogen-bond acceptors (Lipinski definition) is 4. The van der Waals surface area contributed by atoms with Crippen molar-refractivity contribution in [3.05, 3.63) is 19.2 Å². The van der Waals surface area contributed by atoms with Crippen LogP contribution in [0.4, 0.5) is 0 Å². The fraction of sp³-hybridized carbons (Fsp3) is 0.400. The van der Waals surface area contributed by atoms with Crippen molar-refractivity contribution < 1.29 is 4.42 Å². The van der Waals surface area contributed by atoms with Gasteiger partial charge in [0.2, 0.25) is 12.3 Å². The quantitative estimate of drug-likeness (QED) is 0.621. The molecule has 0 bridgehead atoms. The second kappa shape index (κ2) is 2.87. The van der Waals surface area contributed by atoms with E-state index in [0.29, 0.717) is 12.3 Å². The molecular formula is C5H7N2OS. The first-order chi connectivity index (χ1) is 4.29. The molecule has 0 aliphatic rings. The molecular weight excluding hydrogens is 136 g/mol. The maximum Gasteiger partial charge on any atom is 0.217 e. The average Bonchev–Trinajstić information content (AvgIpc) is 2.15. The van der Waals surface area contributed by atoms with E-state index in [9.17, 15) is 0 Å². The summed E-state index contributed by atoms with van der Waals surface area (Å²) in [4.78, 5) is 0. The first kappa shape index (κ1) is 6.61. The highest BCUT2D eigenvalue weighted by atomic mass is 32.1. The van der Waals surface area contributed by atoms with Gasteiger partial charge in [-0.3, -0.25) is 0 Å². The zero-order valence-corrected chi connectivity index (χ0v) is 5.71. The number of nitrogens with zero attached hydrogens (tertiary/aromatic N) is 2. The molecule has 4 heteroatoms. The first-order valence-electron chi connectivity index (χ1n) is 2.55. The summed E-state index contributed by atoms with van der Waals surface area (Å²) >= 11 is 4.05. The smallest absolute Gasteiger partial charge is 0.217 e. The Bertz CT molecular complexity index is 161. The van der Waals surface area contributed by atoms with Gasteiger partial charge in [0.25, 0.3) is 0 Å². The van der Waals surface area contributed by atoms with Crippen LogP contribution in [0.5, 0.6) is 0 Å². The summed E-state index contributed by atoms with van der Waals surface area (Å²) in [5, 5.41) is 7.18. The lowest BCUT2D eigenvalue weighted by Crippen LogP contribution is -1.97. The minimum absolute atomic E-state index is 0.0328. The van der Waals surface area contributed by atoms with Crippen LogP contribution < -0.4 is 0 Å². The molecule has 1 unspecified atom stereocenters. The molecule has 0 fully saturated rings. The van der Waals surface area contributed by atoms with Gasteiger partial charge in [-0.25, -0.2) is 0 Å². The van der Waals surface area contributed by atoms with Gasteiger partial charge in [-0.15, -0.1) is 10.2 Å². The van der Waals surface area contributed by atoms with E-state index in [1.807, 2.05) is 0 Å². The summed E-state index contributed by atoms with van der Waals surface area (Å²) < 4.78 is 4.83. The Morgan fingerprint density at radius 2 is 2.67 bits per heavy atom. The predicted molar refractivity (Wildman–Crippen MR) is 36.1 cm³/mol. The Kier molecular flexibility index (Phi) is 2.10. The van der Waals surface area contributed by atoms with Crippen LogP contribution in [-0.2, 0) is 6.42 Å². The summed E-state index contributed by atoms with van der Waals surface area (Å²) in [6.07, 6.45) is 1.93. The molecule has 0 amide bonds. The van der Waals surface area contributed by atoms with E-state index in [1.165, 1.54) is 6.39 Å². The third-order valence-corrected chi connectivity index (χ3v) is 0.998. The maximum atomic E-state index is 4.83. The van der Waals surface area contributed by atoms with Crippen molar-refractivity contribution >= 4 is 12.6 Å². The van der Waals surface area contributed by atoms with E-state index in [-0.39, 0.29) is 5.25 Å². The van der Waals surface area contributed by atoms with Gasteiger partial charge in [0.05, 0.1) is 0 Å². The second-order valence-electron chi connectivity index (χ2n) is 1.69. The van der Waals surface area contributed by atoms with E-state index in [2.05, 4.69) is 29.7 Å². The van der Waals surface area contributed by atoms with E-state index < -0.39 is 0 Å². The van der Waals surface area contributed by atoms with Crippen molar-refractivity contribution in [1.82, 2.24) is 10.2 Å². The molecule has 0 spiro atoms. The van der Waals surface area contributed by atoms with E-state index in [1.54, 1.807) is 0 Å². The van der Waals surface area contributed by atoms with Gasteiger partial charge in [0.1, 0.15) is 0 Å². The fourth-order valence-electron chi connectivity index (χ4n) is 0.486. The van der Waals surface area contributed by atoms with E-state index >= 15 is 0 Å². The molecule has 9 heavy (non-hydrogen) atoms. The number of thiol groups is 1. The van der Waals surface area contributed by atoms with Crippen molar-refractivity contribution in [2.45, 2.75) is 11.7 Å². The van der Waals surface area contributed by atoms with E-state index in [4.69, 9.17) is 4.42 Å². The van der Waals surface area contributed by atoms with Crippen LogP contribution in [0.3, 0.4) is 0 Å². The standard InChI is InChI=1S/C5H7N2OS/c1-4(9)2-5-7-6-3-8-5/h3-4,9H,1-2H2.